The summed E-state index contributed by atoms with van der Waals surface area (Å²) in [6, 6.07) is 0.451. The minimum absolute atomic E-state index is 0.451. The lowest BCUT2D eigenvalue weighted by Crippen LogP contribution is -2.33. The molecule has 0 radical (unpaired) electrons. The average molecular weight is 152 g/mol. The van der Waals surface area contributed by atoms with Crippen molar-refractivity contribution in [2.75, 3.05) is 13.6 Å². The second kappa shape index (κ2) is 4.29. The molecule has 11 heavy (non-hydrogen) atoms. The van der Waals surface area contributed by atoms with Crippen molar-refractivity contribution in [1.82, 2.24) is 5.32 Å². The van der Waals surface area contributed by atoms with Crippen molar-refractivity contribution in [3.63, 3.8) is 0 Å². The lowest BCUT2D eigenvalue weighted by Gasteiger charge is -2.15. The Bertz CT molecular complexity index is 166. The van der Waals surface area contributed by atoms with Crippen LogP contribution in [0.3, 0.4) is 0 Å². The first kappa shape index (κ1) is 8.47. The molecule has 1 rings (SSSR count). The number of hydrogen-bond donors (Lipinski definition) is 1. The predicted molar refractivity (Wildman–Crippen MR) is 49.2 cm³/mol. The summed E-state index contributed by atoms with van der Waals surface area (Å²) in [6.45, 7) is 3.14. The summed E-state index contributed by atoms with van der Waals surface area (Å²) in [6.07, 6.45) is 6.54. The van der Waals surface area contributed by atoms with Crippen molar-refractivity contribution in [2.45, 2.75) is 25.8 Å². The fourth-order valence-electron chi connectivity index (χ4n) is 1.31. The molecular formula is C9H16N2. The van der Waals surface area contributed by atoms with Crippen LogP contribution in [0.5, 0.6) is 0 Å². The zero-order chi connectivity index (χ0) is 8.10. The third kappa shape index (κ3) is 2.15. The normalized spacial score (nSPS) is 19.6. The predicted octanol–water partition coefficient (Wildman–Crippen LogP) is 1.39. The van der Waals surface area contributed by atoms with Crippen LogP contribution in [-0.2, 0) is 0 Å². The maximum atomic E-state index is 4.44. The molecule has 0 saturated heterocycles. The molecule has 1 heterocycles. The maximum absolute atomic E-state index is 4.44. The smallest absolute Gasteiger partial charge is 0.0514 e. The van der Waals surface area contributed by atoms with Crippen molar-refractivity contribution >= 4 is 5.71 Å². The standard InChI is InChI=1S/C9H16N2/c1-3-8(10-2)9-6-4-5-7-11-9/h4,6,8,10H,3,5,7H2,1-2H3. The Kier molecular flexibility index (Phi) is 3.30. The van der Waals surface area contributed by atoms with E-state index in [9.17, 15) is 0 Å². The average Bonchev–Trinajstić information content (AvgIpc) is 2.09. The molecule has 0 aromatic rings. The minimum Gasteiger partial charge on any atom is -0.312 e. The van der Waals surface area contributed by atoms with Gasteiger partial charge in [-0.2, -0.15) is 0 Å². The lowest BCUT2D eigenvalue weighted by atomic mass is 10.1. The van der Waals surface area contributed by atoms with Crippen LogP contribution in [0.2, 0.25) is 0 Å². The molecule has 0 bridgehead atoms. The number of aliphatic imine (C=N–C) groups is 1. The van der Waals surface area contributed by atoms with Crippen LogP contribution < -0.4 is 5.32 Å². The number of dihydropyridines is 1. The first-order valence-electron chi connectivity index (χ1n) is 4.26. The Morgan fingerprint density at radius 2 is 2.55 bits per heavy atom. The van der Waals surface area contributed by atoms with Crippen molar-refractivity contribution in [2.24, 2.45) is 4.99 Å². The molecule has 0 aliphatic carbocycles. The minimum atomic E-state index is 0.451. The van der Waals surface area contributed by atoms with E-state index in [0.29, 0.717) is 6.04 Å². The molecule has 1 atom stereocenters. The Morgan fingerprint density at radius 1 is 1.73 bits per heavy atom. The second-order valence-electron chi connectivity index (χ2n) is 2.75. The SMILES string of the molecule is CCC(NC)C1=NCCC=C1. The summed E-state index contributed by atoms with van der Waals surface area (Å²) in [5.74, 6) is 0. The van der Waals surface area contributed by atoms with Gasteiger partial charge in [0.15, 0.2) is 0 Å². The van der Waals surface area contributed by atoms with E-state index in [2.05, 4.69) is 29.4 Å². The van der Waals surface area contributed by atoms with E-state index in [1.165, 1.54) is 5.71 Å². The van der Waals surface area contributed by atoms with E-state index in [4.69, 9.17) is 0 Å². The molecule has 2 heteroatoms. The molecule has 1 aliphatic heterocycles. The van der Waals surface area contributed by atoms with Crippen molar-refractivity contribution < 1.29 is 0 Å². The van der Waals surface area contributed by atoms with Crippen LogP contribution in [0.25, 0.3) is 0 Å². The van der Waals surface area contributed by atoms with E-state index in [0.717, 1.165) is 19.4 Å². The number of hydrogen-bond acceptors (Lipinski definition) is 2. The highest BCUT2D eigenvalue weighted by molar-refractivity contribution is 5.99. The van der Waals surface area contributed by atoms with Crippen LogP contribution in [0, 0.1) is 0 Å². The molecule has 1 N–H and O–H groups in total. The molecule has 0 spiro atoms. The Labute approximate surface area is 68.4 Å². The monoisotopic (exact) mass is 152 g/mol. The molecule has 1 unspecified atom stereocenters. The van der Waals surface area contributed by atoms with Crippen LogP contribution in [0.15, 0.2) is 17.1 Å². The van der Waals surface area contributed by atoms with Crippen molar-refractivity contribution in [1.29, 1.82) is 0 Å². The zero-order valence-electron chi connectivity index (χ0n) is 7.30. The molecular weight excluding hydrogens is 136 g/mol. The molecule has 0 amide bonds. The first-order valence-corrected chi connectivity index (χ1v) is 4.26. The van der Waals surface area contributed by atoms with Crippen LogP contribution in [0.4, 0.5) is 0 Å². The van der Waals surface area contributed by atoms with Crippen molar-refractivity contribution in [3.05, 3.63) is 12.2 Å². The van der Waals surface area contributed by atoms with Gasteiger partial charge in [0.25, 0.3) is 0 Å². The third-order valence-electron chi connectivity index (χ3n) is 1.99. The molecule has 0 fully saturated rings. The van der Waals surface area contributed by atoms with E-state index in [1.54, 1.807) is 0 Å². The summed E-state index contributed by atoms with van der Waals surface area (Å²) in [5, 5.41) is 3.24. The molecule has 0 aromatic heterocycles. The number of nitrogens with one attached hydrogen (secondary N) is 1. The van der Waals surface area contributed by atoms with Gasteiger partial charge in [-0.1, -0.05) is 13.0 Å². The van der Waals surface area contributed by atoms with E-state index >= 15 is 0 Å². The zero-order valence-corrected chi connectivity index (χ0v) is 7.30. The van der Waals surface area contributed by atoms with E-state index < -0.39 is 0 Å². The number of rotatable bonds is 3. The summed E-state index contributed by atoms with van der Waals surface area (Å²) in [4.78, 5) is 4.44. The Balaban J connectivity index is 2.56. The van der Waals surface area contributed by atoms with Gasteiger partial charge in [0, 0.05) is 12.6 Å². The highest BCUT2D eigenvalue weighted by Gasteiger charge is 2.09. The van der Waals surface area contributed by atoms with E-state index in [1.807, 2.05) is 7.05 Å². The van der Waals surface area contributed by atoms with Gasteiger partial charge in [-0.25, -0.2) is 0 Å². The largest absolute Gasteiger partial charge is 0.312 e. The molecule has 62 valence electrons. The molecule has 1 aliphatic rings. The molecule has 0 aromatic carbocycles. The van der Waals surface area contributed by atoms with Gasteiger partial charge in [0.2, 0.25) is 0 Å². The van der Waals surface area contributed by atoms with Gasteiger partial charge in [0.05, 0.1) is 5.71 Å². The van der Waals surface area contributed by atoms with Gasteiger partial charge in [-0.05, 0) is 26.0 Å². The van der Waals surface area contributed by atoms with Gasteiger partial charge in [-0.15, -0.1) is 0 Å². The summed E-state index contributed by atoms with van der Waals surface area (Å²) in [7, 11) is 1.99. The summed E-state index contributed by atoms with van der Waals surface area (Å²) in [5.41, 5.74) is 1.21. The van der Waals surface area contributed by atoms with Crippen LogP contribution >= 0.6 is 0 Å². The topological polar surface area (TPSA) is 24.4 Å². The van der Waals surface area contributed by atoms with Crippen LogP contribution in [0.1, 0.15) is 19.8 Å². The summed E-state index contributed by atoms with van der Waals surface area (Å²) >= 11 is 0. The van der Waals surface area contributed by atoms with Gasteiger partial charge in [-0.3, -0.25) is 4.99 Å². The third-order valence-corrected chi connectivity index (χ3v) is 1.99. The van der Waals surface area contributed by atoms with Gasteiger partial charge in [0.1, 0.15) is 0 Å². The molecule has 0 saturated carbocycles. The van der Waals surface area contributed by atoms with Gasteiger partial charge < -0.3 is 5.32 Å². The van der Waals surface area contributed by atoms with E-state index in [-0.39, 0.29) is 0 Å². The maximum Gasteiger partial charge on any atom is 0.0514 e. The summed E-state index contributed by atoms with van der Waals surface area (Å²) < 4.78 is 0. The quantitative estimate of drug-likeness (QED) is 0.649. The molecule has 2 nitrogen and oxygen atoms in total. The highest BCUT2D eigenvalue weighted by Crippen LogP contribution is 2.02. The first-order chi connectivity index (χ1) is 5.38. The van der Waals surface area contributed by atoms with Crippen LogP contribution in [-0.4, -0.2) is 25.3 Å². The number of nitrogens with zero attached hydrogens (tertiary/aromatic N) is 1. The fraction of sp³-hybridized carbons (Fsp3) is 0.667. The Hall–Kier alpha value is -0.630. The van der Waals surface area contributed by atoms with Crippen molar-refractivity contribution in [3.8, 4) is 0 Å². The Morgan fingerprint density at radius 3 is 3.00 bits per heavy atom. The fourth-order valence-corrected chi connectivity index (χ4v) is 1.31. The second-order valence-corrected chi connectivity index (χ2v) is 2.75. The van der Waals surface area contributed by atoms with Gasteiger partial charge >= 0.3 is 0 Å². The lowest BCUT2D eigenvalue weighted by molar-refractivity contribution is 0.675. The highest BCUT2D eigenvalue weighted by atomic mass is 14.9.